The smallest absolute Gasteiger partial charge is 0.341 e. The van der Waals surface area contributed by atoms with Gasteiger partial charge in [-0.05, 0) is 12.1 Å². The van der Waals surface area contributed by atoms with Gasteiger partial charge in [0.05, 0.1) is 7.11 Å². The van der Waals surface area contributed by atoms with Gasteiger partial charge in [-0.2, -0.15) is 0 Å². The zero-order chi connectivity index (χ0) is 14.3. The number of aliphatic hydroxyl groups excluding tert-OH is 1. The number of hydrogen-bond donors (Lipinski definition) is 2. The fourth-order valence-electron chi connectivity index (χ4n) is 1.49. The van der Waals surface area contributed by atoms with Crippen molar-refractivity contribution >= 4 is 5.97 Å². The normalized spacial score (nSPS) is 12.3. The number of nitrogens with one attached hydrogen (secondary N) is 1. The first-order valence-electron chi connectivity index (χ1n) is 6.26. The van der Waals surface area contributed by atoms with Crippen molar-refractivity contribution < 1.29 is 19.4 Å². The molecule has 1 aromatic rings. The Morgan fingerprint density at radius 3 is 2.68 bits per heavy atom. The van der Waals surface area contributed by atoms with Crippen molar-refractivity contribution in [2.75, 3.05) is 20.3 Å². The first kappa shape index (κ1) is 15.5. The van der Waals surface area contributed by atoms with E-state index in [2.05, 4.69) is 10.1 Å². The van der Waals surface area contributed by atoms with Crippen LogP contribution in [0, 0.1) is 0 Å². The maximum absolute atomic E-state index is 11.5. The number of carbonyl (C=O) groups excluding carboxylic acids is 1. The predicted octanol–water partition coefficient (Wildman–Crippen LogP) is 1.21. The van der Waals surface area contributed by atoms with Gasteiger partial charge >= 0.3 is 5.97 Å². The number of benzene rings is 1. The van der Waals surface area contributed by atoms with E-state index in [0.717, 1.165) is 0 Å². The molecule has 2 N–H and O–H groups in total. The molecule has 0 saturated carbocycles. The molecule has 0 aliphatic rings. The highest BCUT2D eigenvalue weighted by molar-refractivity contribution is 5.92. The molecule has 1 atom stereocenters. The number of para-hydroxylation sites is 1. The summed E-state index contributed by atoms with van der Waals surface area (Å²) >= 11 is 0. The third-order valence-corrected chi connectivity index (χ3v) is 2.49. The van der Waals surface area contributed by atoms with Crippen LogP contribution < -0.4 is 10.1 Å². The average Bonchev–Trinajstić information content (AvgIpc) is 2.42. The predicted molar refractivity (Wildman–Crippen MR) is 72.4 cm³/mol. The Labute approximate surface area is 113 Å². The Morgan fingerprint density at radius 2 is 2.05 bits per heavy atom. The van der Waals surface area contributed by atoms with Crippen molar-refractivity contribution in [2.45, 2.75) is 26.0 Å². The topological polar surface area (TPSA) is 67.8 Å². The van der Waals surface area contributed by atoms with Gasteiger partial charge in [-0.25, -0.2) is 4.79 Å². The van der Waals surface area contributed by atoms with Crippen LogP contribution in [0.3, 0.4) is 0 Å². The molecule has 1 aromatic carbocycles. The van der Waals surface area contributed by atoms with Gasteiger partial charge in [0.1, 0.15) is 24.0 Å². The summed E-state index contributed by atoms with van der Waals surface area (Å²) in [5, 5.41) is 12.9. The molecule has 0 spiro atoms. The summed E-state index contributed by atoms with van der Waals surface area (Å²) in [7, 11) is 1.32. The molecule has 0 amide bonds. The summed E-state index contributed by atoms with van der Waals surface area (Å²) in [6.07, 6.45) is -0.631. The van der Waals surface area contributed by atoms with Crippen LogP contribution >= 0.6 is 0 Å². The third kappa shape index (κ3) is 5.28. The zero-order valence-corrected chi connectivity index (χ0v) is 11.6. The van der Waals surface area contributed by atoms with E-state index < -0.39 is 12.1 Å². The molecule has 0 aliphatic heterocycles. The standard InChI is InChI=1S/C14H21NO4/c1-10(2)15-8-11(16)9-19-13-7-5-4-6-12(13)14(17)18-3/h4-7,10-11,15-16H,8-9H2,1-3H3/t11-/m1/s1. The van der Waals surface area contributed by atoms with Gasteiger partial charge in [0.25, 0.3) is 0 Å². The number of carbonyl (C=O) groups is 1. The highest BCUT2D eigenvalue weighted by atomic mass is 16.5. The second-order valence-electron chi connectivity index (χ2n) is 4.52. The second-order valence-corrected chi connectivity index (χ2v) is 4.52. The lowest BCUT2D eigenvalue weighted by Gasteiger charge is -2.16. The van der Waals surface area contributed by atoms with E-state index in [1.165, 1.54) is 7.11 Å². The summed E-state index contributed by atoms with van der Waals surface area (Å²) < 4.78 is 10.1. The fourth-order valence-corrected chi connectivity index (χ4v) is 1.49. The lowest BCUT2D eigenvalue weighted by Crippen LogP contribution is -2.35. The zero-order valence-electron chi connectivity index (χ0n) is 11.6. The number of methoxy groups -OCH3 is 1. The Hall–Kier alpha value is -1.59. The van der Waals surface area contributed by atoms with Crippen LogP contribution in [-0.4, -0.2) is 43.5 Å². The molecule has 5 heteroatoms. The van der Waals surface area contributed by atoms with E-state index in [1.54, 1.807) is 24.3 Å². The molecular weight excluding hydrogens is 246 g/mol. The van der Waals surface area contributed by atoms with Crippen LogP contribution in [0.2, 0.25) is 0 Å². The lowest BCUT2D eigenvalue weighted by atomic mass is 10.2. The largest absolute Gasteiger partial charge is 0.490 e. The molecule has 19 heavy (non-hydrogen) atoms. The molecule has 0 fully saturated rings. The molecule has 0 radical (unpaired) electrons. The number of ether oxygens (including phenoxy) is 2. The first-order valence-corrected chi connectivity index (χ1v) is 6.26. The van der Waals surface area contributed by atoms with Crippen molar-refractivity contribution in [3.8, 4) is 5.75 Å². The molecule has 0 heterocycles. The first-order chi connectivity index (χ1) is 9.04. The number of aliphatic hydroxyl groups is 1. The third-order valence-electron chi connectivity index (χ3n) is 2.49. The molecule has 5 nitrogen and oxygen atoms in total. The highest BCUT2D eigenvalue weighted by Crippen LogP contribution is 2.18. The maximum atomic E-state index is 11.5. The average molecular weight is 267 g/mol. The summed E-state index contributed by atoms with van der Waals surface area (Å²) in [4.78, 5) is 11.5. The van der Waals surface area contributed by atoms with Gasteiger partial charge in [-0.1, -0.05) is 26.0 Å². The van der Waals surface area contributed by atoms with Gasteiger partial charge in [-0.3, -0.25) is 0 Å². The fraction of sp³-hybridized carbons (Fsp3) is 0.500. The molecular formula is C14H21NO4. The number of rotatable bonds is 7. The molecule has 106 valence electrons. The van der Waals surface area contributed by atoms with Crippen LogP contribution in [0.25, 0.3) is 0 Å². The Kier molecular flexibility index (Phi) is 6.32. The summed E-state index contributed by atoms with van der Waals surface area (Å²) in [6, 6.07) is 7.10. The molecule has 0 saturated heterocycles. The Morgan fingerprint density at radius 1 is 1.37 bits per heavy atom. The molecule has 1 rings (SSSR count). The minimum atomic E-state index is -0.631. The lowest BCUT2D eigenvalue weighted by molar-refractivity contribution is 0.0588. The van der Waals surface area contributed by atoms with Crippen molar-refractivity contribution in [3.63, 3.8) is 0 Å². The SMILES string of the molecule is COC(=O)c1ccccc1OC[C@H](O)CNC(C)C. The van der Waals surface area contributed by atoms with Crippen LogP contribution in [0.1, 0.15) is 24.2 Å². The van der Waals surface area contributed by atoms with Crippen molar-refractivity contribution in [1.82, 2.24) is 5.32 Å². The minimum Gasteiger partial charge on any atom is -0.490 e. The Balaban J connectivity index is 2.55. The van der Waals surface area contributed by atoms with E-state index in [9.17, 15) is 9.90 Å². The number of hydrogen-bond acceptors (Lipinski definition) is 5. The van der Waals surface area contributed by atoms with E-state index in [0.29, 0.717) is 23.9 Å². The van der Waals surface area contributed by atoms with Gasteiger partial charge in [-0.15, -0.1) is 0 Å². The summed E-state index contributed by atoms with van der Waals surface area (Å²) in [5.41, 5.74) is 0.356. The molecule has 0 aromatic heterocycles. The Bertz CT molecular complexity index is 406. The quantitative estimate of drug-likeness (QED) is 0.727. The van der Waals surface area contributed by atoms with Crippen LogP contribution in [0.15, 0.2) is 24.3 Å². The van der Waals surface area contributed by atoms with Gasteiger partial charge in [0.2, 0.25) is 0 Å². The molecule has 0 unspecified atom stereocenters. The maximum Gasteiger partial charge on any atom is 0.341 e. The molecule has 0 aliphatic carbocycles. The van der Waals surface area contributed by atoms with Crippen molar-refractivity contribution in [1.29, 1.82) is 0 Å². The van der Waals surface area contributed by atoms with Crippen LogP contribution in [-0.2, 0) is 4.74 Å². The monoisotopic (exact) mass is 267 g/mol. The van der Waals surface area contributed by atoms with Gasteiger partial charge in [0, 0.05) is 12.6 Å². The summed E-state index contributed by atoms with van der Waals surface area (Å²) in [5.74, 6) is -0.0386. The van der Waals surface area contributed by atoms with E-state index in [4.69, 9.17) is 4.74 Å². The van der Waals surface area contributed by atoms with E-state index >= 15 is 0 Å². The number of esters is 1. The van der Waals surface area contributed by atoms with Gasteiger partial charge in [0.15, 0.2) is 0 Å². The van der Waals surface area contributed by atoms with Crippen molar-refractivity contribution in [2.24, 2.45) is 0 Å². The highest BCUT2D eigenvalue weighted by Gasteiger charge is 2.13. The van der Waals surface area contributed by atoms with E-state index in [-0.39, 0.29) is 6.61 Å². The van der Waals surface area contributed by atoms with Crippen molar-refractivity contribution in [3.05, 3.63) is 29.8 Å². The van der Waals surface area contributed by atoms with Crippen LogP contribution in [0.4, 0.5) is 0 Å². The second kappa shape index (κ2) is 7.76. The van der Waals surface area contributed by atoms with Gasteiger partial charge < -0.3 is 19.9 Å². The van der Waals surface area contributed by atoms with Crippen LogP contribution in [0.5, 0.6) is 5.75 Å². The van der Waals surface area contributed by atoms with E-state index in [1.807, 2.05) is 13.8 Å². The molecule has 0 bridgehead atoms. The minimum absolute atomic E-state index is 0.119. The summed E-state index contributed by atoms with van der Waals surface area (Å²) in [6.45, 7) is 4.56.